The van der Waals surface area contributed by atoms with Crippen LogP contribution in [0.2, 0.25) is 0 Å². The zero-order valence-corrected chi connectivity index (χ0v) is 12.4. The summed E-state index contributed by atoms with van der Waals surface area (Å²) in [5.41, 5.74) is 8.22. The third kappa shape index (κ3) is 1.62. The van der Waals surface area contributed by atoms with Crippen LogP contribution < -0.4 is 11.1 Å². The maximum absolute atomic E-state index is 12.7. The van der Waals surface area contributed by atoms with Crippen LogP contribution in [0, 0.1) is 16.7 Å². The van der Waals surface area contributed by atoms with Gasteiger partial charge in [0.25, 0.3) is 0 Å². The number of nitrogen functional groups attached to an aromatic ring is 1. The summed E-state index contributed by atoms with van der Waals surface area (Å²) < 4.78 is 0. The van der Waals surface area contributed by atoms with Gasteiger partial charge in [-0.15, -0.1) is 0 Å². The van der Waals surface area contributed by atoms with Crippen molar-refractivity contribution in [3.63, 3.8) is 0 Å². The lowest BCUT2D eigenvalue weighted by atomic mass is 9.70. The second-order valence-electron chi connectivity index (χ2n) is 6.84. The number of ketones is 1. The summed E-state index contributed by atoms with van der Waals surface area (Å²) in [6.45, 7) is 6.58. The van der Waals surface area contributed by atoms with E-state index in [4.69, 9.17) is 5.73 Å². The van der Waals surface area contributed by atoms with Crippen LogP contribution in [-0.2, 0) is 4.79 Å². The Bertz CT molecular complexity index is 586. The number of nitrogens with two attached hydrogens (primary N) is 1. The Balaban J connectivity index is 1.87. The number of anilines is 2. The van der Waals surface area contributed by atoms with Gasteiger partial charge in [-0.25, -0.2) is 0 Å². The molecular formula is C17H22N2O. The van der Waals surface area contributed by atoms with Crippen molar-refractivity contribution in [3.05, 3.63) is 36.0 Å². The van der Waals surface area contributed by atoms with Crippen LogP contribution >= 0.6 is 0 Å². The molecule has 3 rings (SSSR count). The number of hydrogen-bond acceptors (Lipinski definition) is 3. The van der Waals surface area contributed by atoms with Gasteiger partial charge in [0.15, 0.2) is 5.78 Å². The smallest absolute Gasteiger partial charge is 0.167 e. The molecule has 0 spiro atoms. The minimum Gasteiger partial charge on any atom is -0.399 e. The van der Waals surface area contributed by atoms with Gasteiger partial charge in [0.05, 0.1) is 0 Å². The molecular weight excluding hydrogens is 248 g/mol. The van der Waals surface area contributed by atoms with Crippen molar-refractivity contribution in [1.82, 2.24) is 0 Å². The maximum atomic E-state index is 12.7. The summed E-state index contributed by atoms with van der Waals surface area (Å²) >= 11 is 0. The molecule has 0 amide bonds. The van der Waals surface area contributed by atoms with Crippen LogP contribution in [0.1, 0.15) is 33.6 Å². The maximum Gasteiger partial charge on any atom is 0.167 e. The molecule has 1 aromatic rings. The normalized spacial score (nSPS) is 32.9. The van der Waals surface area contributed by atoms with E-state index in [-0.39, 0.29) is 10.8 Å². The predicted molar refractivity (Wildman–Crippen MR) is 82.2 cm³/mol. The number of nitrogens with one attached hydrogen (secondary N) is 1. The van der Waals surface area contributed by atoms with E-state index >= 15 is 0 Å². The second kappa shape index (κ2) is 4.11. The van der Waals surface area contributed by atoms with Crippen LogP contribution in [0.5, 0.6) is 0 Å². The molecule has 0 heterocycles. The second-order valence-corrected chi connectivity index (χ2v) is 6.84. The summed E-state index contributed by atoms with van der Waals surface area (Å²) in [5, 5.41) is 3.25. The van der Waals surface area contributed by atoms with Crippen molar-refractivity contribution in [1.29, 1.82) is 0 Å². The van der Waals surface area contributed by atoms with Gasteiger partial charge >= 0.3 is 0 Å². The Labute approximate surface area is 120 Å². The molecule has 2 unspecified atom stereocenters. The summed E-state index contributed by atoms with van der Waals surface area (Å²) in [5.74, 6) is 0.697. The quantitative estimate of drug-likeness (QED) is 0.638. The highest BCUT2D eigenvalue weighted by atomic mass is 16.1. The summed E-state index contributed by atoms with van der Waals surface area (Å²) in [4.78, 5) is 12.7. The van der Waals surface area contributed by atoms with E-state index in [1.165, 1.54) is 0 Å². The third-order valence-electron chi connectivity index (χ3n) is 5.67. The first-order chi connectivity index (χ1) is 9.36. The monoisotopic (exact) mass is 270 g/mol. The molecule has 2 saturated carbocycles. The molecule has 0 aliphatic heterocycles. The zero-order valence-electron chi connectivity index (χ0n) is 12.4. The Morgan fingerprint density at radius 2 is 1.90 bits per heavy atom. The van der Waals surface area contributed by atoms with Crippen molar-refractivity contribution in [2.45, 2.75) is 33.6 Å². The first-order valence-electron chi connectivity index (χ1n) is 7.23. The number of allylic oxidation sites excluding steroid dienone is 1. The van der Waals surface area contributed by atoms with Gasteiger partial charge in [-0.3, -0.25) is 4.79 Å². The minimum absolute atomic E-state index is 0.0682. The molecule has 0 radical (unpaired) electrons. The van der Waals surface area contributed by atoms with E-state index in [1.807, 2.05) is 30.5 Å². The van der Waals surface area contributed by atoms with Crippen LogP contribution in [0.15, 0.2) is 36.0 Å². The molecule has 0 aromatic heterocycles. The highest BCUT2D eigenvalue weighted by Gasteiger charge is 2.63. The highest BCUT2D eigenvalue weighted by Crippen LogP contribution is 2.65. The summed E-state index contributed by atoms with van der Waals surface area (Å²) in [6, 6.07) is 7.57. The largest absolute Gasteiger partial charge is 0.399 e. The van der Waals surface area contributed by atoms with Crippen molar-refractivity contribution < 1.29 is 4.79 Å². The number of hydrogen-bond donors (Lipinski definition) is 2. The van der Waals surface area contributed by atoms with Crippen LogP contribution in [-0.4, -0.2) is 5.78 Å². The topological polar surface area (TPSA) is 55.1 Å². The SMILES string of the molecule is CC12CCC(C(=CNc3ccc(N)cc3)C1=O)C2(C)C. The molecule has 2 bridgehead atoms. The lowest BCUT2D eigenvalue weighted by Gasteiger charge is -2.31. The highest BCUT2D eigenvalue weighted by molar-refractivity contribution is 6.04. The number of benzene rings is 1. The Morgan fingerprint density at radius 1 is 1.25 bits per heavy atom. The average molecular weight is 270 g/mol. The van der Waals surface area contributed by atoms with E-state index in [0.717, 1.165) is 29.8 Å². The Hall–Kier alpha value is -1.77. The van der Waals surface area contributed by atoms with Gasteiger partial charge in [0.2, 0.25) is 0 Å². The number of Topliss-reactive ketones (excluding diaryl/α,β-unsaturated/α-hetero) is 1. The predicted octanol–water partition coefficient (Wildman–Crippen LogP) is 3.59. The molecule has 2 aliphatic carbocycles. The lowest BCUT2D eigenvalue weighted by Crippen LogP contribution is -2.32. The fourth-order valence-electron chi connectivity index (χ4n) is 3.83. The molecule has 20 heavy (non-hydrogen) atoms. The van der Waals surface area contributed by atoms with E-state index < -0.39 is 0 Å². The molecule has 3 N–H and O–H groups in total. The number of carbonyl (C=O) groups is 1. The van der Waals surface area contributed by atoms with Crippen molar-refractivity contribution in [2.75, 3.05) is 11.1 Å². The molecule has 106 valence electrons. The van der Waals surface area contributed by atoms with Gasteiger partial charge < -0.3 is 11.1 Å². The van der Waals surface area contributed by atoms with Crippen LogP contribution in [0.3, 0.4) is 0 Å². The lowest BCUT2D eigenvalue weighted by molar-refractivity contribution is -0.125. The van der Waals surface area contributed by atoms with Gasteiger partial charge in [0.1, 0.15) is 0 Å². The number of fused-ring (bicyclic) bond motifs is 2. The zero-order chi connectivity index (χ0) is 14.5. The molecule has 3 heteroatoms. The molecule has 2 atom stereocenters. The summed E-state index contributed by atoms with van der Waals surface area (Å²) in [7, 11) is 0. The van der Waals surface area contributed by atoms with Crippen molar-refractivity contribution in [3.8, 4) is 0 Å². The van der Waals surface area contributed by atoms with Gasteiger partial charge in [0, 0.05) is 28.6 Å². The van der Waals surface area contributed by atoms with Crippen molar-refractivity contribution >= 4 is 17.2 Å². The molecule has 2 fully saturated rings. The molecule has 3 nitrogen and oxygen atoms in total. The Kier molecular flexibility index (Phi) is 2.72. The molecule has 2 aliphatic rings. The first kappa shape index (κ1) is 13.2. The van der Waals surface area contributed by atoms with E-state index in [2.05, 4.69) is 26.1 Å². The fourth-order valence-corrected chi connectivity index (χ4v) is 3.83. The molecule has 0 saturated heterocycles. The fraction of sp³-hybridized carbons (Fsp3) is 0.471. The summed E-state index contributed by atoms with van der Waals surface area (Å²) in [6.07, 6.45) is 4.04. The van der Waals surface area contributed by atoms with Gasteiger partial charge in [-0.05, 0) is 48.4 Å². The number of carbonyl (C=O) groups excluding carboxylic acids is 1. The first-order valence-corrected chi connectivity index (χ1v) is 7.23. The van der Waals surface area contributed by atoms with E-state index in [9.17, 15) is 4.79 Å². The standard InChI is InChI=1S/C17H22N2O/c1-16(2)14-8-9-17(16,3)15(20)13(14)10-19-12-6-4-11(18)5-7-12/h4-7,10,14,19H,8-9,18H2,1-3H3. The van der Waals surface area contributed by atoms with E-state index in [0.29, 0.717) is 11.7 Å². The third-order valence-corrected chi connectivity index (χ3v) is 5.67. The number of rotatable bonds is 2. The van der Waals surface area contributed by atoms with Crippen LogP contribution in [0.25, 0.3) is 0 Å². The minimum atomic E-state index is -0.188. The van der Waals surface area contributed by atoms with Crippen LogP contribution in [0.4, 0.5) is 11.4 Å². The van der Waals surface area contributed by atoms with Crippen molar-refractivity contribution in [2.24, 2.45) is 16.7 Å². The van der Waals surface area contributed by atoms with E-state index in [1.54, 1.807) is 0 Å². The Morgan fingerprint density at radius 3 is 2.45 bits per heavy atom. The van der Waals surface area contributed by atoms with Gasteiger partial charge in [-0.2, -0.15) is 0 Å². The average Bonchev–Trinajstić information content (AvgIpc) is 2.71. The van der Waals surface area contributed by atoms with Gasteiger partial charge in [-0.1, -0.05) is 20.8 Å². The molecule has 1 aromatic carbocycles.